The molecule has 1 atom stereocenters. The van der Waals surface area contributed by atoms with Crippen LogP contribution in [0.2, 0.25) is 0 Å². The Morgan fingerprint density at radius 3 is 2.82 bits per heavy atom. The number of thioether (sulfide) groups is 1. The van der Waals surface area contributed by atoms with Gasteiger partial charge < -0.3 is 9.73 Å². The first kappa shape index (κ1) is 14.1. The van der Waals surface area contributed by atoms with E-state index in [1.807, 2.05) is 38.7 Å². The maximum absolute atomic E-state index is 9.00. The molecule has 1 unspecified atom stereocenters. The van der Waals surface area contributed by atoms with Crippen molar-refractivity contribution in [2.45, 2.75) is 43.5 Å². The number of furan rings is 1. The molecule has 0 saturated heterocycles. The molecule has 1 aromatic heterocycles. The van der Waals surface area contributed by atoms with Crippen molar-refractivity contribution in [1.29, 1.82) is 5.26 Å². The number of nitriles is 1. The minimum absolute atomic E-state index is 0.379. The Labute approximate surface area is 108 Å². The average Bonchev–Trinajstić information content (AvgIpc) is 2.74. The number of hydrogen-bond acceptors (Lipinski definition) is 4. The summed E-state index contributed by atoms with van der Waals surface area (Å²) in [6.07, 6.45) is 4.80. The molecule has 4 heteroatoms. The van der Waals surface area contributed by atoms with E-state index in [0.717, 1.165) is 30.8 Å². The van der Waals surface area contributed by atoms with Gasteiger partial charge in [0.05, 0.1) is 12.3 Å². The van der Waals surface area contributed by atoms with E-state index in [4.69, 9.17) is 9.68 Å². The van der Waals surface area contributed by atoms with Gasteiger partial charge in [-0.1, -0.05) is 0 Å². The summed E-state index contributed by atoms with van der Waals surface area (Å²) in [6.45, 7) is 3.93. The summed E-state index contributed by atoms with van der Waals surface area (Å²) in [5, 5.41) is 12.1. The molecule has 0 aliphatic rings. The van der Waals surface area contributed by atoms with Gasteiger partial charge in [-0.2, -0.15) is 5.26 Å². The van der Waals surface area contributed by atoms with Gasteiger partial charge in [-0.25, -0.2) is 0 Å². The Bertz CT molecular complexity index is 383. The number of aryl methyl sites for hydroxylation is 1. The number of nitrogens with one attached hydrogen (secondary N) is 1. The SMILES string of the molecule is CNC(C)(C#N)CCCCSc1ccoc1C. The highest BCUT2D eigenvalue weighted by Crippen LogP contribution is 2.24. The lowest BCUT2D eigenvalue weighted by atomic mass is 9.97. The summed E-state index contributed by atoms with van der Waals surface area (Å²) < 4.78 is 5.24. The van der Waals surface area contributed by atoms with Crippen LogP contribution in [0.1, 0.15) is 31.9 Å². The average molecular weight is 252 g/mol. The molecule has 0 aromatic carbocycles. The molecular weight excluding hydrogens is 232 g/mol. The summed E-state index contributed by atoms with van der Waals surface area (Å²) in [7, 11) is 1.84. The van der Waals surface area contributed by atoms with E-state index in [1.165, 1.54) is 4.90 Å². The van der Waals surface area contributed by atoms with Gasteiger partial charge in [0.15, 0.2) is 0 Å². The van der Waals surface area contributed by atoms with Gasteiger partial charge >= 0.3 is 0 Å². The van der Waals surface area contributed by atoms with E-state index < -0.39 is 0 Å². The molecule has 1 rings (SSSR count). The molecule has 1 N–H and O–H groups in total. The van der Waals surface area contributed by atoms with Crippen LogP contribution in [-0.2, 0) is 0 Å². The first-order valence-electron chi connectivity index (χ1n) is 5.88. The lowest BCUT2D eigenvalue weighted by molar-refractivity contribution is 0.439. The summed E-state index contributed by atoms with van der Waals surface area (Å²) in [4.78, 5) is 1.22. The maximum atomic E-state index is 9.00. The highest BCUT2D eigenvalue weighted by molar-refractivity contribution is 7.99. The molecular formula is C13H20N2OS. The Balaban J connectivity index is 2.18. The fourth-order valence-corrected chi connectivity index (χ4v) is 2.49. The highest BCUT2D eigenvalue weighted by Gasteiger charge is 2.19. The van der Waals surface area contributed by atoms with Crippen LogP contribution in [0.5, 0.6) is 0 Å². The maximum Gasteiger partial charge on any atom is 0.114 e. The topological polar surface area (TPSA) is 49.0 Å². The predicted octanol–water partition coefficient (Wildman–Crippen LogP) is 3.35. The van der Waals surface area contributed by atoms with Crippen LogP contribution in [0.15, 0.2) is 21.6 Å². The van der Waals surface area contributed by atoms with E-state index in [2.05, 4.69) is 11.4 Å². The fourth-order valence-electron chi connectivity index (χ4n) is 1.52. The highest BCUT2D eigenvalue weighted by atomic mass is 32.2. The van der Waals surface area contributed by atoms with Crippen molar-refractivity contribution < 1.29 is 4.42 Å². The van der Waals surface area contributed by atoms with Crippen LogP contribution in [0.4, 0.5) is 0 Å². The third-order valence-electron chi connectivity index (χ3n) is 2.94. The minimum atomic E-state index is -0.379. The molecule has 0 saturated carbocycles. The van der Waals surface area contributed by atoms with Gasteiger partial charge in [-0.05, 0) is 52.0 Å². The van der Waals surface area contributed by atoms with Crippen LogP contribution in [0, 0.1) is 18.3 Å². The zero-order valence-corrected chi connectivity index (χ0v) is 11.6. The molecule has 17 heavy (non-hydrogen) atoms. The first-order chi connectivity index (χ1) is 8.11. The number of rotatable bonds is 7. The van der Waals surface area contributed by atoms with E-state index in [9.17, 15) is 0 Å². The van der Waals surface area contributed by atoms with E-state index in [1.54, 1.807) is 6.26 Å². The zero-order chi connectivity index (χ0) is 12.7. The molecule has 0 aliphatic carbocycles. The third-order valence-corrected chi connectivity index (χ3v) is 4.17. The zero-order valence-electron chi connectivity index (χ0n) is 10.7. The number of hydrogen-bond donors (Lipinski definition) is 1. The lowest BCUT2D eigenvalue weighted by Crippen LogP contribution is -2.37. The second-order valence-corrected chi connectivity index (χ2v) is 5.48. The van der Waals surface area contributed by atoms with Gasteiger partial charge in [-0.15, -0.1) is 11.8 Å². The molecule has 0 fully saturated rings. The summed E-state index contributed by atoms with van der Waals surface area (Å²) in [5.74, 6) is 2.07. The standard InChI is InChI=1S/C13H20N2OS/c1-11-12(6-8-16-11)17-9-5-4-7-13(2,10-14)15-3/h6,8,15H,4-5,7,9H2,1-3H3. The predicted molar refractivity (Wildman–Crippen MR) is 71.1 cm³/mol. The molecule has 0 bridgehead atoms. The van der Waals surface area contributed by atoms with Gasteiger partial charge in [0, 0.05) is 4.90 Å². The Kier molecular flexibility index (Phi) is 5.60. The molecule has 3 nitrogen and oxygen atoms in total. The van der Waals surface area contributed by atoms with Crippen LogP contribution in [0.25, 0.3) is 0 Å². The fraction of sp³-hybridized carbons (Fsp3) is 0.615. The van der Waals surface area contributed by atoms with Crippen LogP contribution >= 0.6 is 11.8 Å². The lowest BCUT2D eigenvalue weighted by Gasteiger charge is -2.20. The van der Waals surface area contributed by atoms with E-state index in [0.29, 0.717) is 0 Å². The monoisotopic (exact) mass is 252 g/mol. The number of nitrogens with zero attached hydrogens (tertiary/aromatic N) is 1. The molecule has 0 aliphatic heterocycles. The van der Waals surface area contributed by atoms with Gasteiger partial charge in [0.2, 0.25) is 0 Å². The van der Waals surface area contributed by atoms with Gasteiger partial charge in [0.25, 0.3) is 0 Å². The second kappa shape index (κ2) is 6.73. The quantitative estimate of drug-likeness (QED) is 0.597. The molecule has 0 radical (unpaired) electrons. The Hall–Kier alpha value is -0.920. The second-order valence-electron chi connectivity index (χ2n) is 4.34. The summed E-state index contributed by atoms with van der Waals surface area (Å²) in [5.41, 5.74) is -0.379. The third kappa shape index (κ3) is 4.45. The van der Waals surface area contributed by atoms with Crippen molar-refractivity contribution >= 4 is 11.8 Å². The first-order valence-corrected chi connectivity index (χ1v) is 6.87. The van der Waals surface area contributed by atoms with E-state index in [-0.39, 0.29) is 5.54 Å². The van der Waals surface area contributed by atoms with Crippen LogP contribution < -0.4 is 5.32 Å². The van der Waals surface area contributed by atoms with Crippen molar-refractivity contribution in [3.05, 3.63) is 18.1 Å². The molecule has 94 valence electrons. The van der Waals surface area contributed by atoms with Crippen LogP contribution in [-0.4, -0.2) is 18.3 Å². The Morgan fingerprint density at radius 1 is 1.53 bits per heavy atom. The largest absolute Gasteiger partial charge is 0.468 e. The van der Waals surface area contributed by atoms with Crippen molar-refractivity contribution in [2.24, 2.45) is 0 Å². The van der Waals surface area contributed by atoms with Crippen molar-refractivity contribution in [3.8, 4) is 6.07 Å². The summed E-state index contributed by atoms with van der Waals surface area (Å²) >= 11 is 1.82. The Morgan fingerprint density at radius 2 is 2.29 bits per heavy atom. The van der Waals surface area contributed by atoms with Crippen molar-refractivity contribution in [3.63, 3.8) is 0 Å². The van der Waals surface area contributed by atoms with E-state index >= 15 is 0 Å². The smallest absolute Gasteiger partial charge is 0.114 e. The molecule has 1 heterocycles. The number of unbranched alkanes of at least 4 members (excludes halogenated alkanes) is 1. The van der Waals surface area contributed by atoms with Gasteiger partial charge in [-0.3, -0.25) is 0 Å². The minimum Gasteiger partial charge on any atom is -0.468 e. The van der Waals surface area contributed by atoms with Crippen molar-refractivity contribution in [1.82, 2.24) is 5.32 Å². The van der Waals surface area contributed by atoms with Crippen molar-refractivity contribution in [2.75, 3.05) is 12.8 Å². The normalized spacial score (nSPS) is 14.2. The van der Waals surface area contributed by atoms with Crippen LogP contribution in [0.3, 0.4) is 0 Å². The molecule has 0 spiro atoms. The van der Waals surface area contributed by atoms with Gasteiger partial charge in [0.1, 0.15) is 11.3 Å². The summed E-state index contributed by atoms with van der Waals surface area (Å²) in [6, 6.07) is 4.32. The molecule has 0 amide bonds. The molecule has 1 aromatic rings.